The summed E-state index contributed by atoms with van der Waals surface area (Å²) in [5, 5.41) is 0. The van der Waals surface area contributed by atoms with Gasteiger partial charge in [-0.15, -0.1) is 0 Å². The molecule has 21 heavy (non-hydrogen) atoms. The van der Waals surface area contributed by atoms with Crippen molar-refractivity contribution in [1.82, 2.24) is 4.31 Å². The molecule has 3 rings (SSSR count). The van der Waals surface area contributed by atoms with E-state index in [9.17, 15) is 8.42 Å². The van der Waals surface area contributed by atoms with Crippen LogP contribution in [-0.4, -0.2) is 25.3 Å². The van der Waals surface area contributed by atoms with E-state index in [4.69, 9.17) is 0 Å². The van der Waals surface area contributed by atoms with Gasteiger partial charge in [0.2, 0.25) is 10.0 Å². The lowest BCUT2D eigenvalue weighted by Crippen LogP contribution is -2.39. The van der Waals surface area contributed by atoms with Crippen molar-refractivity contribution in [2.75, 3.05) is 6.54 Å². The van der Waals surface area contributed by atoms with Gasteiger partial charge >= 0.3 is 0 Å². The van der Waals surface area contributed by atoms with Crippen LogP contribution in [0.2, 0.25) is 0 Å². The predicted octanol–water partition coefficient (Wildman–Crippen LogP) is 3.58. The van der Waals surface area contributed by atoms with Crippen LogP contribution in [0.3, 0.4) is 0 Å². The van der Waals surface area contributed by atoms with Gasteiger partial charge in [0, 0.05) is 12.6 Å². The smallest absolute Gasteiger partial charge is 0.207 e. The summed E-state index contributed by atoms with van der Waals surface area (Å²) in [4.78, 5) is 0.440. The molecule has 0 N–H and O–H groups in total. The molecular weight excluding hydrogens is 282 g/mol. The lowest BCUT2D eigenvalue weighted by molar-refractivity contribution is 0.196. The molecule has 0 aromatic heterocycles. The van der Waals surface area contributed by atoms with Crippen LogP contribution in [0, 0.1) is 18.3 Å². The van der Waals surface area contributed by atoms with Crippen LogP contribution in [0.5, 0.6) is 0 Å². The van der Waals surface area contributed by atoms with E-state index in [0.29, 0.717) is 17.4 Å². The summed E-state index contributed by atoms with van der Waals surface area (Å²) in [6.07, 6.45) is 4.57. The number of nitrogens with zero attached hydrogens (tertiary/aromatic N) is 1. The number of benzene rings is 1. The van der Waals surface area contributed by atoms with Gasteiger partial charge < -0.3 is 0 Å². The molecule has 2 atom stereocenters. The molecule has 1 saturated heterocycles. The van der Waals surface area contributed by atoms with Crippen LogP contribution in [0.15, 0.2) is 29.2 Å². The van der Waals surface area contributed by atoms with Gasteiger partial charge in [0.1, 0.15) is 0 Å². The summed E-state index contributed by atoms with van der Waals surface area (Å²) in [5.41, 5.74) is 1.18. The fourth-order valence-electron chi connectivity index (χ4n) is 4.11. The first-order valence-electron chi connectivity index (χ1n) is 7.91. The van der Waals surface area contributed by atoms with Gasteiger partial charge in [-0.25, -0.2) is 8.42 Å². The van der Waals surface area contributed by atoms with Gasteiger partial charge in [-0.2, -0.15) is 4.31 Å². The van der Waals surface area contributed by atoms with E-state index in [1.54, 1.807) is 16.4 Å². The average molecular weight is 307 g/mol. The summed E-state index contributed by atoms with van der Waals surface area (Å²) in [6, 6.07) is 7.45. The largest absolute Gasteiger partial charge is 0.243 e. The van der Waals surface area contributed by atoms with Crippen LogP contribution in [0.4, 0.5) is 0 Å². The lowest BCUT2D eigenvalue weighted by Gasteiger charge is -2.34. The van der Waals surface area contributed by atoms with Crippen LogP contribution >= 0.6 is 0 Å². The highest BCUT2D eigenvalue weighted by Crippen LogP contribution is 2.48. The molecule has 4 heteroatoms. The van der Waals surface area contributed by atoms with Crippen LogP contribution in [0.1, 0.15) is 45.1 Å². The maximum absolute atomic E-state index is 13.0. The summed E-state index contributed by atoms with van der Waals surface area (Å²) >= 11 is 0. The Bertz CT molecular complexity index is 619. The molecule has 1 aromatic rings. The second-order valence-corrected chi connectivity index (χ2v) is 9.20. The molecule has 1 heterocycles. The number of aryl methyl sites for hydroxylation is 1. The second kappa shape index (κ2) is 5.10. The number of sulfonamides is 1. The number of hydrogen-bond acceptors (Lipinski definition) is 2. The Hall–Kier alpha value is -0.870. The summed E-state index contributed by atoms with van der Waals surface area (Å²) in [5.74, 6) is 0.506. The quantitative estimate of drug-likeness (QED) is 0.837. The van der Waals surface area contributed by atoms with Gasteiger partial charge in [0.05, 0.1) is 4.90 Å². The maximum Gasteiger partial charge on any atom is 0.243 e. The first-order chi connectivity index (χ1) is 9.82. The van der Waals surface area contributed by atoms with Crippen molar-refractivity contribution in [3.05, 3.63) is 29.8 Å². The first kappa shape index (κ1) is 15.0. The Balaban J connectivity index is 1.97. The van der Waals surface area contributed by atoms with E-state index in [1.165, 1.54) is 6.42 Å². The zero-order chi connectivity index (χ0) is 15.3. The minimum absolute atomic E-state index is 0.0862. The third-order valence-electron chi connectivity index (χ3n) is 5.29. The molecule has 0 spiro atoms. The molecule has 116 valence electrons. The average Bonchev–Trinajstić information content (AvgIpc) is 2.73. The minimum Gasteiger partial charge on any atom is -0.207 e. The van der Waals surface area contributed by atoms with Crippen molar-refractivity contribution in [1.29, 1.82) is 0 Å². The van der Waals surface area contributed by atoms with Crippen molar-refractivity contribution in [2.45, 2.75) is 57.4 Å². The molecule has 1 aromatic carbocycles. The maximum atomic E-state index is 13.0. The SMILES string of the molecule is Cc1ccc(S(=O)(=O)N2CC(C)(C)C3CCCCC32)cc1. The van der Waals surface area contributed by atoms with Crippen LogP contribution in [0.25, 0.3) is 0 Å². The molecule has 3 nitrogen and oxygen atoms in total. The highest BCUT2D eigenvalue weighted by molar-refractivity contribution is 7.89. The molecule has 1 saturated carbocycles. The van der Waals surface area contributed by atoms with E-state index in [-0.39, 0.29) is 11.5 Å². The van der Waals surface area contributed by atoms with Gasteiger partial charge in [0.25, 0.3) is 0 Å². The predicted molar refractivity (Wildman–Crippen MR) is 84.6 cm³/mol. The Kier molecular flexibility index (Phi) is 3.65. The Morgan fingerprint density at radius 1 is 1.10 bits per heavy atom. The third kappa shape index (κ3) is 2.53. The fraction of sp³-hybridized carbons (Fsp3) is 0.647. The summed E-state index contributed by atoms with van der Waals surface area (Å²) < 4.78 is 27.8. The summed E-state index contributed by atoms with van der Waals surface area (Å²) in [6.45, 7) is 7.08. The van der Waals surface area contributed by atoms with Crippen molar-refractivity contribution >= 4 is 10.0 Å². The number of hydrogen-bond donors (Lipinski definition) is 0. The van der Waals surface area contributed by atoms with Gasteiger partial charge in [-0.1, -0.05) is 44.4 Å². The molecule has 1 aliphatic carbocycles. The Labute approximate surface area is 128 Å². The Morgan fingerprint density at radius 3 is 2.38 bits per heavy atom. The molecule has 0 amide bonds. The second-order valence-electron chi connectivity index (χ2n) is 7.31. The topological polar surface area (TPSA) is 37.4 Å². The van der Waals surface area contributed by atoms with Crippen LogP contribution < -0.4 is 0 Å². The minimum atomic E-state index is -3.36. The van der Waals surface area contributed by atoms with E-state index >= 15 is 0 Å². The Morgan fingerprint density at radius 2 is 1.71 bits per heavy atom. The van der Waals surface area contributed by atoms with E-state index in [1.807, 2.05) is 19.1 Å². The number of fused-ring (bicyclic) bond motifs is 1. The van der Waals surface area contributed by atoms with E-state index in [2.05, 4.69) is 13.8 Å². The van der Waals surface area contributed by atoms with Crippen molar-refractivity contribution in [2.24, 2.45) is 11.3 Å². The van der Waals surface area contributed by atoms with E-state index < -0.39 is 10.0 Å². The highest BCUT2D eigenvalue weighted by atomic mass is 32.2. The van der Waals surface area contributed by atoms with Gasteiger partial charge in [0.15, 0.2) is 0 Å². The zero-order valence-corrected chi connectivity index (χ0v) is 14.0. The zero-order valence-electron chi connectivity index (χ0n) is 13.2. The van der Waals surface area contributed by atoms with Crippen molar-refractivity contribution < 1.29 is 8.42 Å². The monoisotopic (exact) mass is 307 g/mol. The lowest BCUT2D eigenvalue weighted by atomic mass is 9.72. The molecular formula is C17H25NO2S. The first-order valence-corrected chi connectivity index (χ1v) is 9.35. The standard InChI is InChI=1S/C17H25NO2S/c1-13-8-10-14(11-9-13)21(19,20)18-12-17(2,3)15-6-4-5-7-16(15)18/h8-11,15-16H,4-7,12H2,1-3H3. The van der Waals surface area contributed by atoms with Crippen molar-refractivity contribution in [3.8, 4) is 0 Å². The van der Waals surface area contributed by atoms with E-state index in [0.717, 1.165) is 24.8 Å². The highest BCUT2D eigenvalue weighted by Gasteiger charge is 2.51. The fourth-order valence-corrected chi connectivity index (χ4v) is 5.97. The third-order valence-corrected chi connectivity index (χ3v) is 7.18. The normalized spacial score (nSPS) is 29.3. The molecule has 2 unspecified atom stereocenters. The molecule has 0 radical (unpaired) electrons. The van der Waals surface area contributed by atoms with Gasteiger partial charge in [-0.3, -0.25) is 0 Å². The molecule has 2 fully saturated rings. The molecule has 2 aliphatic rings. The summed E-state index contributed by atoms with van der Waals surface area (Å²) in [7, 11) is -3.36. The number of rotatable bonds is 2. The van der Waals surface area contributed by atoms with Crippen LogP contribution in [-0.2, 0) is 10.0 Å². The van der Waals surface area contributed by atoms with Gasteiger partial charge in [-0.05, 0) is 43.2 Å². The molecule has 1 aliphatic heterocycles. The molecule has 0 bridgehead atoms. The van der Waals surface area contributed by atoms with Crippen molar-refractivity contribution in [3.63, 3.8) is 0 Å².